The van der Waals surface area contributed by atoms with Crippen LogP contribution in [-0.4, -0.2) is 29.9 Å². The highest BCUT2D eigenvalue weighted by atomic mass is 35.5. The van der Waals surface area contributed by atoms with Crippen LogP contribution in [0.3, 0.4) is 0 Å². The van der Waals surface area contributed by atoms with Crippen molar-refractivity contribution in [2.24, 2.45) is 11.7 Å². The third-order valence-corrected chi connectivity index (χ3v) is 5.38. The van der Waals surface area contributed by atoms with Gasteiger partial charge in [0, 0.05) is 24.2 Å². The molecule has 3 rings (SSSR count). The summed E-state index contributed by atoms with van der Waals surface area (Å²) >= 11 is 5.90. The molecule has 4 nitrogen and oxygen atoms in total. The zero-order valence-corrected chi connectivity index (χ0v) is 16.5. The number of nitrogens with zero attached hydrogens (tertiary/aromatic N) is 1. The Kier molecular flexibility index (Phi) is 6.75. The van der Waals surface area contributed by atoms with Gasteiger partial charge in [-0.3, -0.25) is 4.79 Å². The summed E-state index contributed by atoms with van der Waals surface area (Å²) < 4.78 is 5.86. The average molecular weight is 387 g/mol. The van der Waals surface area contributed by atoms with Crippen molar-refractivity contribution in [1.29, 1.82) is 0 Å². The number of likely N-dealkylation sites (tertiary alicyclic amines) is 1. The molecule has 2 atom stereocenters. The number of hydrogen-bond donors (Lipinski definition) is 1. The van der Waals surface area contributed by atoms with Crippen molar-refractivity contribution in [2.75, 3.05) is 13.1 Å². The smallest absolute Gasteiger partial charge is 0.227 e. The molecule has 2 N–H and O–H groups in total. The van der Waals surface area contributed by atoms with Crippen LogP contribution < -0.4 is 10.5 Å². The summed E-state index contributed by atoms with van der Waals surface area (Å²) in [6.45, 7) is 4.09. The lowest BCUT2D eigenvalue weighted by Gasteiger charge is -2.34. The van der Waals surface area contributed by atoms with Crippen LogP contribution in [0, 0.1) is 5.92 Å². The molecule has 1 fully saturated rings. The first-order valence-electron chi connectivity index (χ1n) is 9.51. The van der Waals surface area contributed by atoms with E-state index in [1.807, 2.05) is 60.4 Å². The molecular weight excluding hydrogens is 360 g/mol. The molecule has 27 heavy (non-hydrogen) atoms. The third-order valence-electron chi connectivity index (χ3n) is 5.13. The fourth-order valence-electron chi connectivity index (χ4n) is 3.44. The van der Waals surface area contributed by atoms with E-state index in [0.29, 0.717) is 24.0 Å². The van der Waals surface area contributed by atoms with Gasteiger partial charge in [0.25, 0.3) is 0 Å². The molecule has 0 spiro atoms. The molecule has 2 aromatic carbocycles. The lowest BCUT2D eigenvalue weighted by Crippen LogP contribution is -2.45. The summed E-state index contributed by atoms with van der Waals surface area (Å²) in [5.41, 5.74) is 8.05. The third kappa shape index (κ3) is 5.72. The number of carbonyl (C=O) groups excluding carboxylic acids is 1. The summed E-state index contributed by atoms with van der Waals surface area (Å²) in [6.07, 6.45) is 2.53. The summed E-state index contributed by atoms with van der Waals surface area (Å²) in [7, 11) is 0. The van der Waals surface area contributed by atoms with Crippen molar-refractivity contribution in [3.05, 3.63) is 64.7 Å². The van der Waals surface area contributed by atoms with E-state index in [1.54, 1.807) is 0 Å². The van der Waals surface area contributed by atoms with Crippen LogP contribution in [0.2, 0.25) is 5.02 Å². The predicted octanol–water partition coefficient (Wildman–Crippen LogP) is 4.05. The number of rotatable bonds is 6. The summed E-state index contributed by atoms with van der Waals surface area (Å²) in [5.74, 6) is 1.33. The van der Waals surface area contributed by atoms with Crippen LogP contribution in [0.4, 0.5) is 0 Å². The number of halogens is 1. The molecule has 1 aliphatic rings. The van der Waals surface area contributed by atoms with Gasteiger partial charge in [0.2, 0.25) is 5.91 Å². The van der Waals surface area contributed by atoms with E-state index in [2.05, 4.69) is 0 Å². The van der Waals surface area contributed by atoms with Gasteiger partial charge in [-0.15, -0.1) is 0 Å². The van der Waals surface area contributed by atoms with Gasteiger partial charge in [-0.2, -0.15) is 0 Å². The van der Waals surface area contributed by atoms with Crippen molar-refractivity contribution in [1.82, 2.24) is 4.90 Å². The van der Waals surface area contributed by atoms with E-state index in [0.717, 1.165) is 42.8 Å². The second-order valence-corrected chi connectivity index (χ2v) is 7.78. The Balaban J connectivity index is 1.56. The molecule has 0 aromatic heterocycles. The Labute approximate surface area is 166 Å². The van der Waals surface area contributed by atoms with Crippen molar-refractivity contribution < 1.29 is 9.53 Å². The van der Waals surface area contributed by atoms with Crippen LogP contribution in [0.5, 0.6) is 5.75 Å². The Hall–Kier alpha value is -2.04. The van der Waals surface area contributed by atoms with E-state index in [4.69, 9.17) is 22.1 Å². The minimum absolute atomic E-state index is 0.130. The maximum Gasteiger partial charge on any atom is 0.227 e. The first kappa shape index (κ1) is 19.7. The van der Waals surface area contributed by atoms with Gasteiger partial charge in [0.15, 0.2) is 0 Å². The number of piperidine rings is 1. The van der Waals surface area contributed by atoms with Crippen LogP contribution in [0.1, 0.15) is 30.9 Å². The monoisotopic (exact) mass is 386 g/mol. The van der Waals surface area contributed by atoms with E-state index in [1.165, 1.54) is 0 Å². The molecule has 144 valence electrons. The van der Waals surface area contributed by atoms with Gasteiger partial charge in [0.1, 0.15) is 12.4 Å². The van der Waals surface area contributed by atoms with Gasteiger partial charge >= 0.3 is 0 Å². The Morgan fingerprint density at radius 2 is 2.04 bits per heavy atom. The van der Waals surface area contributed by atoms with E-state index in [-0.39, 0.29) is 11.9 Å². The van der Waals surface area contributed by atoms with Crippen LogP contribution in [0.15, 0.2) is 48.5 Å². The molecular formula is C22H27ClN2O2. The average Bonchev–Trinajstić information content (AvgIpc) is 2.68. The fraction of sp³-hybridized carbons (Fsp3) is 0.409. The highest BCUT2D eigenvalue weighted by Crippen LogP contribution is 2.21. The molecule has 1 aliphatic heterocycles. The highest BCUT2D eigenvalue weighted by molar-refractivity contribution is 6.30. The molecule has 1 amide bonds. The Morgan fingerprint density at radius 1 is 1.26 bits per heavy atom. The van der Waals surface area contributed by atoms with Gasteiger partial charge in [-0.25, -0.2) is 0 Å². The van der Waals surface area contributed by atoms with Gasteiger partial charge in [-0.05, 0) is 61.1 Å². The molecule has 2 unspecified atom stereocenters. The van der Waals surface area contributed by atoms with Crippen LogP contribution in [0.25, 0.3) is 0 Å². The topological polar surface area (TPSA) is 55.6 Å². The lowest BCUT2D eigenvalue weighted by molar-refractivity contribution is -0.132. The van der Waals surface area contributed by atoms with E-state index < -0.39 is 0 Å². The second-order valence-electron chi connectivity index (χ2n) is 7.34. The second kappa shape index (κ2) is 9.25. The molecule has 5 heteroatoms. The molecule has 0 bridgehead atoms. The normalized spacial score (nSPS) is 18.2. The molecule has 0 saturated carbocycles. The minimum atomic E-state index is 0.130. The van der Waals surface area contributed by atoms with Crippen molar-refractivity contribution in [3.8, 4) is 5.75 Å². The van der Waals surface area contributed by atoms with E-state index >= 15 is 0 Å². The first-order chi connectivity index (χ1) is 13.0. The summed E-state index contributed by atoms with van der Waals surface area (Å²) in [4.78, 5) is 14.6. The molecule has 1 saturated heterocycles. The Bertz CT molecular complexity index is 761. The van der Waals surface area contributed by atoms with Crippen LogP contribution >= 0.6 is 11.6 Å². The number of carbonyl (C=O) groups is 1. The quantitative estimate of drug-likeness (QED) is 0.814. The van der Waals surface area contributed by atoms with Crippen molar-refractivity contribution in [2.45, 2.75) is 38.8 Å². The SMILES string of the molecule is CC(N)C1CCCN(C(=O)Cc2cccc(OCc3ccc(Cl)cc3)c2)C1. The number of benzene rings is 2. The lowest BCUT2D eigenvalue weighted by atomic mass is 9.92. The van der Waals surface area contributed by atoms with Crippen molar-refractivity contribution in [3.63, 3.8) is 0 Å². The zero-order chi connectivity index (χ0) is 19.2. The molecule has 0 aliphatic carbocycles. The highest BCUT2D eigenvalue weighted by Gasteiger charge is 2.25. The molecule has 0 radical (unpaired) electrons. The minimum Gasteiger partial charge on any atom is -0.489 e. The first-order valence-corrected chi connectivity index (χ1v) is 9.88. The molecule has 2 aromatic rings. The standard InChI is InChI=1S/C22H27ClN2O2/c1-16(24)19-5-3-11-25(14-19)22(26)13-18-4-2-6-21(12-18)27-15-17-7-9-20(23)10-8-17/h2,4,6-10,12,16,19H,3,5,11,13-15,24H2,1H3. The Morgan fingerprint density at radius 3 is 2.78 bits per heavy atom. The maximum absolute atomic E-state index is 12.7. The summed E-state index contributed by atoms with van der Waals surface area (Å²) in [6, 6.07) is 15.5. The number of amides is 1. The fourth-order valence-corrected chi connectivity index (χ4v) is 3.57. The zero-order valence-electron chi connectivity index (χ0n) is 15.7. The van der Waals surface area contributed by atoms with Gasteiger partial charge in [-0.1, -0.05) is 35.9 Å². The van der Waals surface area contributed by atoms with Crippen molar-refractivity contribution >= 4 is 17.5 Å². The maximum atomic E-state index is 12.7. The van der Waals surface area contributed by atoms with Crippen LogP contribution in [-0.2, 0) is 17.8 Å². The van der Waals surface area contributed by atoms with Gasteiger partial charge < -0.3 is 15.4 Å². The number of ether oxygens (including phenoxy) is 1. The summed E-state index contributed by atoms with van der Waals surface area (Å²) in [5, 5.41) is 0.711. The van der Waals surface area contributed by atoms with E-state index in [9.17, 15) is 4.79 Å². The van der Waals surface area contributed by atoms with Gasteiger partial charge in [0.05, 0.1) is 6.42 Å². The number of hydrogen-bond acceptors (Lipinski definition) is 3. The predicted molar refractivity (Wildman–Crippen MR) is 109 cm³/mol. The molecule has 1 heterocycles. The number of nitrogens with two attached hydrogens (primary N) is 1. The largest absolute Gasteiger partial charge is 0.489 e.